The highest BCUT2D eigenvalue weighted by molar-refractivity contribution is 5.85. The van der Waals surface area contributed by atoms with Crippen molar-refractivity contribution in [2.24, 2.45) is 0 Å². The van der Waals surface area contributed by atoms with Gasteiger partial charge < -0.3 is 9.47 Å². The molecule has 4 aromatic rings. The van der Waals surface area contributed by atoms with Gasteiger partial charge in [0.2, 0.25) is 5.91 Å². The lowest BCUT2D eigenvalue weighted by atomic mass is 10.1. The van der Waals surface area contributed by atoms with Gasteiger partial charge in [-0.3, -0.25) is 9.78 Å². The Bertz CT molecular complexity index is 1080. The van der Waals surface area contributed by atoms with E-state index in [-0.39, 0.29) is 11.9 Å². The van der Waals surface area contributed by atoms with E-state index in [0.717, 1.165) is 27.5 Å². The first-order chi connectivity index (χ1) is 12.6. The predicted octanol–water partition coefficient (Wildman–Crippen LogP) is 3.80. The molecule has 2 aromatic heterocycles. The van der Waals surface area contributed by atoms with Gasteiger partial charge in [0.15, 0.2) is 0 Å². The van der Waals surface area contributed by atoms with Crippen molar-refractivity contribution in [1.82, 2.24) is 19.4 Å². The fourth-order valence-corrected chi connectivity index (χ4v) is 3.36. The van der Waals surface area contributed by atoms with Crippen LogP contribution in [0.2, 0.25) is 0 Å². The Balaban J connectivity index is 1.59. The van der Waals surface area contributed by atoms with Crippen LogP contribution in [0, 0.1) is 0 Å². The molecule has 0 aliphatic carbocycles. The smallest absolute Gasteiger partial charge is 0.245 e. The molecule has 1 atom stereocenters. The predicted molar refractivity (Wildman–Crippen MR) is 103 cm³/mol. The third kappa shape index (κ3) is 2.81. The molecule has 2 aromatic carbocycles. The number of rotatable bonds is 4. The summed E-state index contributed by atoms with van der Waals surface area (Å²) < 4.78 is 1.93. The molecule has 130 valence electrons. The number of pyridine rings is 1. The Hall–Kier alpha value is -3.21. The Morgan fingerprint density at radius 3 is 2.73 bits per heavy atom. The summed E-state index contributed by atoms with van der Waals surface area (Å²) in [7, 11) is 1.84. The van der Waals surface area contributed by atoms with E-state index < -0.39 is 0 Å². The Morgan fingerprint density at radius 2 is 1.85 bits per heavy atom. The minimum Gasteiger partial charge on any atom is -0.340 e. The number of fused-ring (bicyclic) bond motifs is 2. The number of carbonyl (C=O) groups is 1. The van der Waals surface area contributed by atoms with Crippen molar-refractivity contribution in [3.63, 3.8) is 0 Å². The summed E-state index contributed by atoms with van der Waals surface area (Å²) in [6.45, 7) is 2.45. The van der Waals surface area contributed by atoms with Crippen molar-refractivity contribution in [1.29, 1.82) is 0 Å². The van der Waals surface area contributed by atoms with Gasteiger partial charge in [-0.1, -0.05) is 30.3 Å². The average molecular weight is 344 g/mol. The van der Waals surface area contributed by atoms with Crippen LogP contribution in [0.3, 0.4) is 0 Å². The van der Waals surface area contributed by atoms with Crippen LogP contribution in [0.1, 0.15) is 18.5 Å². The van der Waals surface area contributed by atoms with E-state index in [0.29, 0.717) is 6.54 Å². The summed E-state index contributed by atoms with van der Waals surface area (Å²) >= 11 is 0. The third-order valence-electron chi connectivity index (χ3n) is 4.78. The third-order valence-corrected chi connectivity index (χ3v) is 4.78. The number of likely N-dealkylation sites (N-methyl/N-ethyl adjacent to an activating group) is 1. The maximum Gasteiger partial charge on any atom is 0.245 e. The van der Waals surface area contributed by atoms with Crippen LogP contribution in [-0.4, -0.2) is 32.4 Å². The maximum absolute atomic E-state index is 13.0. The molecule has 0 saturated carbocycles. The summed E-state index contributed by atoms with van der Waals surface area (Å²) in [5.41, 5.74) is 3.90. The van der Waals surface area contributed by atoms with Crippen molar-refractivity contribution in [3.8, 4) is 0 Å². The number of nitrogens with zero attached hydrogens (tertiary/aromatic N) is 4. The molecule has 0 bridgehead atoms. The fraction of sp³-hybridized carbons (Fsp3) is 0.190. The number of hydrogen-bond acceptors (Lipinski definition) is 3. The second-order valence-corrected chi connectivity index (χ2v) is 6.50. The molecule has 0 radical (unpaired) electrons. The van der Waals surface area contributed by atoms with E-state index in [4.69, 9.17) is 0 Å². The normalized spacial score (nSPS) is 12.4. The van der Waals surface area contributed by atoms with E-state index in [1.165, 1.54) is 0 Å². The zero-order chi connectivity index (χ0) is 18.1. The van der Waals surface area contributed by atoms with E-state index in [9.17, 15) is 4.79 Å². The van der Waals surface area contributed by atoms with E-state index in [1.807, 2.05) is 73.1 Å². The van der Waals surface area contributed by atoms with Gasteiger partial charge in [-0.15, -0.1) is 0 Å². The average Bonchev–Trinajstić information content (AvgIpc) is 3.11. The van der Waals surface area contributed by atoms with Gasteiger partial charge >= 0.3 is 0 Å². The summed E-state index contributed by atoms with van der Waals surface area (Å²) in [6.07, 6.45) is 3.52. The molecule has 0 saturated heterocycles. The highest BCUT2D eigenvalue weighted by atomic mass is 16.2. The van der Waals surface area contributed by atoms with E-state index in [2.05, 4.69) is 9.97 Å². The van der Waals surface area contributed by atoms with Gasteiger partial charge in [0.1, 0.15) is 6.04 Å². The van der Waals surface area contributed by atoms with Crippen LogP contribution in [0.15, 0.2) is 67.1 Å². The Labute approximate surface area is 151 Å². The summed E-state index contributed by atoms with van der Waals surface area (Å²) in [5, 5.41) is 1.08. The molecular weight excluding hydrogens is 324 g/mol. The lowest BCUT2D eigenvalue weighted by Crippen LogP contribution is -2.32. The second-order valence-electron chi connectivity index (χ2n) is 6.50. The molecule has 4 rings (SSSR count). The van der Waals surface area contributed by atoms with Crippen molar-refractivity contribution in [3.05, 3.63) is 72.7 Å². The monoisotopic (exact) mass is 344 g/mol. The summed E-state index contributed by atoms with van der Waals surface area (Å²) in [4.78, 5) is 23.5. The van der Waals surface area contributed by atoms with Crippen LogP contribution in [0.4, 0.5) is 0 Å². The second kappa shape index (κ2) is 6.59. The molecule has 5 heteroatoms. The number of para-hydroxylation sites is 2. The molecule has 1 amide bonds. The minimum atomic E-state index is -0.319. The van der Waals surface area contributed by atoms with Gasteiger partial charge in [0, 0.05) is 25.2 Å². The largest absolute Gasteiger partial charge is 0.340 e. The van der Waals surface area contributed by atoms with Gasteiger partial charge in [-0.05, 0) is 36.8 Å². The molecule has 2 heterocycles. The minimum absolute atomic E-state index is 0.0500. The van der Waals surface area contributed by atoms with Crippen molar-refractivity contribution >= 4 is 27.8 Å². The first-order valence-corrected chi connectivity index (χ1v) is 8.64. The summed E-state index contributed by atoms with van der Waals surface area (Å²) in [5.74, 6) is 0.0500. The molecule has 5 nitrogen and oxygen atoms in total. The molecule has 26 heavy (non-hydrogen) atoms. The fourth-order valence-electron chi connectivity index (χ4n) is 3.36. The number of amides is 1. The first kappa shape index (κ1) is 16.3. The zero-order valence-corrected chi connectivity index (χ0v) is 14.8. The Kier molecular flexibility index (Phi) is 4.13. The summed E-state index contributed by atoms with van der Waals surface area (Å²) in [6, 6.07) is 17.5. The van der Waals surface area contributed by atoms with Crippen molar-refractivity contribution in [2.75, 3.05) is 7.05 Å². The van der Waals surface area contributed by atoms with Crippen LogP contribution in [-0.2, 0) is 11.3 Å². The van der Waals surface area contributed by atoms with Crippen LogP contribution >= 0.6 is 0 Å². The lowest BCUT2D eigenvalue weighted by molar-refractivity contribution is -0.133. The molecule has 1 unspecified atom stereocenters. The van der Waals surface area contributed by atoms with Crippen LogP contribution in [0.25, 0.3) is 21.9 Å². The number of imidazole rings is 1. The molecule has 0 spiro atoms. The standard InChI is InChI=1S/C21H20N4O/c1-15(25-14-23-19-9-3-4-11-20(19)25)21(26)24(2)13-16-7-5-10-18-17(16)8-6-12-22-18/h3-12,14-15H,13H2,1-2H3. The molecule has 0 N–H and O–H groups in total. The van der Waals surface area contributed by atoms with Crippen LogP contribution in [0.5, 0.6) is 0 Å². The maximum atomic E-state index is 13.0. The SMILES string of the molecule is CC(C(=O)N(C)Cc1cccc2ncccc12)n1cnc2ccccc21. The van der Waals surface area contributed by atoms with Crippen molar-refractivity contribution < 1.29 is 4.79 Å². The first-order valence-electron chi connectivity index (χ1n) is 8.64. The molecular formula is C21H20N4O. The van der Waals surface area contributed by atoms with Gasteiger partial charge in [0.05, 0.1) is 22.9 Å². The van der Waals surface area contributed by atoms with E-state index in [1.54, 1.807) is 17.4 Å². The van der Waals surface area contributed by atoms with Gasteiger partial charge in [0.25, 0.3) is 0 Å². The van der Waals surface area contributed by atoms with Gasteiger partial charge in [-0.25, -0.2) is 4.98 Å². The van der Waals surface area contributed by atoms with Crippen LogP contribution < -0.4 is 0 Å². The lowest BCUT2D eigenvalue weighted by Gasteiger charge is -2.23. The molecule has 0 aliphatic rings. The Morgan fingerprint density at radius 1 is 1.04 bits per heavy atom. The quantitative estimate of drug-likeness (QED) is 0.566. The topological polar surface area (TPSA) is 51.0 Å². The molecule has 0 aliphatic heterocycles. The number of benzene rings is 2. The zero-order valence-electron chi connectivity index (χ0n) is 14.8. The number of hydrogen-bond donors (Lipinski definition) is 0. The molecule has 0 fully saturated rings. The van der Waals surface area contributed by atoms with Crippen molar-refractivity contribution in [2.45, 2.75) is 19.5 Å². The highest BCUT2D eigenvalue weighted by Gasteiger charge is 2.21. The number of aromatic nitrogens is 3. The highest BCUT2D eigenvalue weighted by Crippen LogP contribution is 2.21. The number of carbonyl (C=O) groups excluding carboxylic acids is 1. The van der Waals surface area contributed by atoms with Gasteiger partial charge in [-0.2, -0.15) is 0 Å². The van der Waals surface area contributed by atoms with E-state index >= 15 is 0 Å².